The molecule has 0 aliphatic carbocycles. The number of piperazine rings is 1. The van der Waals surface area contributed by atoms with Crippen LogP contribution in [0.3, 0.4) is 0 Å². The van der Waals surface area contributed by atoms with Gasteiger partial charge in [0.05, 0.1) is 22.7 Å². The normalized spacial score (nSPS) is 17.1. The van der Waals surface area contributed by atoms with Crippen molar-refractivity contribution in [3.05, 3.63) is 53.8 Å². The molecule has 2 aromatic rings. The van der Waals surface area contributed by atoms with Crippen molar-refractivity contribution in [1.29, 1.82) is 0 Å². The molecule has 0 bridgehead atoms. The highest BCUT2D eigenvalue weighted by atomic mass is 32.2. The Morgan fingerprint density at radius 2 is 1.59 bits per heavy atom. The zero-order chi connectivity index (χ0) is 24.3. The molecule has 4 rings (SSSR count). The Bertz CT molecular complexity index is 1160. The zero-order valence-electron chi connectivity index (χ0n) is 18.6. The second kappa shape index (κ2) is 9.98. The number of amides is 1. The number of halogens is 1. The number of carboxylic acids is 1. The molecule has 182 valence electrons. The third-order valence-corrected chi connectivity index (χ3v) is 7.53. The molecule has 2 saturated heterocycles. The molecule has 0 radical (unpaired) electrons. The first-order chi connectivity index (χ1) is 16.2. The van der Waals surface area contributed by atoms with E-state index >= 15 is 0 Å². The van der Waals surface area contributed by atoms with Crippen LogP contribution >= 0.6 is 0 Å². The summed E-state index contributed by atoms with van der Waals surface area (Å²) in [6, 6.07) is 8.72. The van der Waals surface area contributed by atoms with Gasteiger partial charge in [0.2, 0.25) is 5.91 Å². The van der Waals surface area contributed by atoms with Gasteiger partial charge in [-0.05, 0) is 55.3 Å². The van der Waals surface area contributed by atoms with Gasteiger partial charge in [0, 0.05) is 45.0 Å². The fraction of sp³-hybridized carbons (Fsp3) is 0.391. The molecule has 0 atom stereocenters. The third kappa shape index (κ3) is 5.48. The fourth-order valence-corrected chi connectivity index (χ4v) is 5.33. The van der Waals surface area contributed by atoms with Gasteiger partial charge in [0.1, 0.15) is 5.82 Å². The average molecular weight is 491 g/mol. The second-order valence-corrected chi connectivity index (χ2v) is 10.1. The number of benzene rings is 2. The van der Waals surface area contributed by atoms with Crippen LogP contribution in [0.25, 0.3) is 0 Å². The highest BCUT2D eigenvalue weighted by molar-refractivity contribution is 7.92. The summed E-state index contributed by atoms with van der Waals surface area (Å²) in [5.41, 5.74) is 0.559. The molecule has 34 heavy (non-hydrogen) atoms. The van der Waals surface area contributed by atoms with E-state index in [1.165, 1.54) is 12.1 Å². The van der Waals surface area contributed by atoms with E-state index in [2.05, 4.69) is 9.62 Å². The van der Waals surface area contributed by atoms with Crippen molar-refractivity contribution in [1.82, 2.24) is 9.80 Å². The minimum Gasteiger partial charge on any atom is -0.478 e. The molecule has 2 fully saturated rings. The molecule has 0 unspecified atom stereocenters. The number of nitrogens with zero attached hydrogens (tertiary/aromatic N) is 3. The number of sulfonamides is 1. The van der Waals surface area contributed by atoms with Gasteiger partial charge < -0.3 is 14.9 Å². The molecule has 2 aromatic carbocycles. The van der Waals surface area contributed by atoms with Gasteiger partial charge >= 0.3 is 5.97 Å². The summed E-state index contributed by atoms with van der Waals surface area (Å²) >= 11 is 0. The molecule has 9 nitrogen and oxygen atoms in total. The SMILES string of the molecule is O=C(O)c1cc(NS(=O)(=O)c2ccc(F)cc2)ccc1N1CCN(CC(=O)N2CCCC2)CC1. The monoisotopic (exact) mass is 490 g/mol. The van der Waals surface area contributed by atoms with Crippen LogP contribution in [0.1, 0.15) is 23.2 Å². The average Bonchev–Trinajstić information content (AvgIpc) is 3.35. The Morgan fingerprint density at radius 1 is 0.941 bits per heavy atom. The van der Waals surface area contributed by atoms with E-state index < -0.39 is 21.8 Å². The van der Waals surface area contributed by atoms with Crippen LogP contribution in [0.4, 0.5) is 15.8 Å². The number of hydrogen-bond acceptors (Lipinski definition) is 6. The molecular formula is C23H27FN4O5S. The fourth-order valence-electron chi connectivity index (χ4n) is 4.28. The van der Waals surface area contributed by atoms with Gasteiger partial charge in [-0.3, -0.25) is 14.4 Å². The lowest BCUT2D eigenvalue weighted by Crippen LogP contribution is -2.50. The van der Waals surface area contributed by atoms with E-state index in [1.807, 2.05) is 9.80 Å². The van der Waals surface area contributed by atoms with E-state index in [-0.39, 0.29) is 22.1 Å². The van der Waals surface area contributed by atoms with Gasteiger partial charge in [-0.15, -0.1) is 0 Å². The van der Waals surface area contributed by atoms with Crippen molar-refractivity contribution in [2.45, 2.75) is 17.7 Å². The number of nitrogens with one attached hydrogen (secondary N) is 1. The van der Waals surface area contributed by atoms with Crippen molar-refractivity contribution in [2.75, 3.05) is 55.4 Å². The topological polar surface area (TPSA) is 110 Å². The summed E-state index contributed by atoms with van der Waals surface area (Å²) in [5, 5.41) is 9.75. The summed E-state index contributed by atoms with van der Waals surface area (Å²) in [5.74, 6) is -1.60. The Hall–Kier alpha value is -3.18. The maximum absolute atomic E-state index is 13.1. The van der Waals surface area contributed by atoms with Crippen molar-refractivity contribution in [3.63, 3.8) is 0 Å². The van der Waals surface area contributed by atoms with Gasteiger partial charge in [-0.2, -0.15) is 0 Å². The Morgan fingerprint density at radius 3 is 2.21 bits per heavy atom. The number of aromatic carboxylic acids is 1. The lowest BCUT2D eigenvalue weighted by Gasteiger charge is -2.37. The van der Waals surface area contributed by atoms with Crippen LogP contribution < -0.4 is 9.62 Å². The standard InChI is InChI=1S/C23H27FN4O5S/c24-17-3-6-19(7-4-17)34(32,33)25-18-5-8-21(20(15-18)23(30)31)27-13-11-26(12-14-27)16-22(29)28-9-1-2-10-28/h3-8,15,25H,1-2,9-14,16H2,(H,30,31). The second-order valence-electron chi connectivity index (χ2n) is 8.45. The molecular weight excluding hydrogens is 463 g/mol. The highest BCUT2D eigenvalue weighted by Gasteiger charge is 2.26. The van der Waals surface area contributed by atoms with Crippen LogP contribution in [-0.4, -0.2) is 81.0 Å². The summed E-state index contributed by atoms with van der Waals surface area (Å²) in [6.45, 7) is 4.34. The third-order valence-electron chi connectivity index (χ3n) is 6.13. The van der Waals surface area contributed by atoms with Crippen LogP contribution in [0.2, 0.25) is 0 Å². The number of carbonyl (C=O) groups is 2. The summed E-state index contributed by atoms with van der Waals surface area (Å²) < 4.78 is 40.6. The van der Waals surface area contributed by atoms with Gasteiger partial charge in [-0.25, -0.2) is 17.6 Å². The molecule has 2 N–H and O–H groups in total. The number of likely N-dealkylation sites (tertiary alicyclic amines) is 1. The predicted octanol–water partition coefficient (Wildman–Crippen LogP) is 2.07. The Labute approximate surface area is 197 Å². The molecule has 0 aromatic heterocycles. The maximum atomic E-state index is 13.1. The van der Waals surface area contributed by atoms with E-state index in [0.717, 1.165) is 50.2 Å². The van der Waals surface area contributed by atoms with Crippen molar-refractivity contribution in [2.24, 2.45) is 0 Å². The van der Waals surface area contributed by atoms with Crippen molar-refractivity contribution < 1.29 is 27.5 Å². The van der Waals surface area contributed by atoms with Crippen LogP contribution in [0, 0.1) is 5.82 Å². The smallest absolute Gasteiger partial charge is 0.337 e. The largest absolute Gasteiger partial charge is 0.478 e. The first-order valence-electron chi connectivity index (χ1n) is 11.1. The molecule has 2 aliphatic heterocycles. The number of hydrogen-bond donors (Lipinski definition) is 2. The minimum absolute atomic E-state index is 0.0269. The molecule has 2 heterocycles. The minimum atomic E-state index is -4.00. The molecule has 0 saturated carbocycles. The quantitative estimate of drug-likeness (QED) is 0.611. The molecule has 1 amide bonds. The van der Waals surface area contributed by atoms with Crippen molar-refractivity contribution >= 4 is 33.3 Å². The summed E-state index contributed by atoms with van der Waals surface area (Å²) in [7, 11) is -4.00. The lowest BCUT2D eigenvalue weighted by molar-refractivity contribution is -0.131. The summed E-state index contributed by atoms with van der Waals surface area (Å²) in [6.07, 6.45) is 2.10. The number of carboxylic acid groups (broad SMARTS) is 1. The predicted molar refractivity (Wildman–Crippen MR) is 125 cm³/mol. The van der Waals surface area contributed by atoms with Gasteiger partial charge in [0.25, 0.3) is 10.0 Å². The number of anilines is 2. The van der Waals surface area contributed by atoms with Crippen LogP contribution in [0.15, 0.2) is 47.4 Å². The lowest BCUT2D eigenvalue weighted by atomic mass is 10.1. The number of rotatable bonds is 7. The first-order valence-corrected chi connectivity index (χ1v) is 12.6. The summed E-state index contributed by atoms with van der Waals surface area (Å²) in [4.78, 5) is 30.1. The maximum Gasteiger partial charge on any atom is 0.337 e. The van der Waals surface area contributed by atoms with E-state index in [1.54, 1.807) is 6.07 Å². The molecule has 0 spiro atoms. The molecule has 11 heteroatoms. The molecule has 2 aliphatic rings. The van der Waals surface area contributed by atoms with Gasteiger partial charge in [0.15, 0.2) is 0 Å². The van der Waals surface area contributed by atoms with Crippen LogP contribution in [-0.2, 0) is 14.8 Å². The van der Waals surface area contributed by atoms with E-state index in [0.29, 0.717) is 38.4 Å². The number of carbonyl (C=O) groups excluding carboxylic acids is 1. The highest BCUT2D eigenvalue weighted by Crippen LogP contribution is 2.27. The first kappa shape index (κ1) is 24.0. The Kier molecular flexibility index (Phi) is 7.03. The van der Waals surface area contributed by atoms with Crippen molar-refractivity contribution in [3.8, 4) is 0 Å². The zero-order valence-corrected chi connectivity index (χ0v) is 19.4. The van der Waals surface area contributed by atoms with Gasteiger partial charge in [-0.1, -0.05) is 0 Å². The van der Waals surface area contributed by atoms with E-state index in [4.69, 9.17) is 0 Å². The van der Waals surface area contributed by atoms with E-state index in [9.17, 15) is 27.5 Å². The Balaban J connectivity index is 1.43. The van der Waals surface area contributed by atoms with Crippen LogP contribution in [0.5, 0.6) is 0 Å².